The van der Waals surface area contributed by atoms with Gasteiger partial charge in [0.1, 0.15) is 0 Å². The minimum atomic E-state index is -4.85. The summed E-state index contributed by atoms with van der Waals surface area (Å²) in [4.78, 5) is 24.6. The predicted molar refractivity (Wildman–Crippen MR) is 142 cm³/mol. The monoisotopic (exact) mass is 544 g/mol. The standard InChI is InChI=1S/C27H52O7S.Na.H/c1-4-6-8-10-12-14-16-18-20-22-33-25(28)24-27(3,35(30,31)32)26(29)34-23-21-19-17-15-13-11-9-7-5-2;;/h4-24H2,1-3H3,(H,30,31,32);;/q;+1;-1. The summed E-state index contributed by atoms with van der Waals surface area (Å²) >= 11 is 0. The second-order valence-electron chi connectivity index (χ2n) is 9.90. The molecule has 0 radical (unpaired) electrons. The summed E-state index contributed by atoms with van der Waals surface area (Å²) in [7, 11) is -4.85. The number of hydrogen-bond acceptors (Lipinski definition) is 6. The number of esters is 2. The Morgan fingerprint density at radius 1 is 0.667 bits per heavy atom. The molecule has 0 aliphatic carbocycles. The quantitative estimate of drug-likeness (QED) is 0.0836. The van der Waals surface area contributed by atoms with Gasteiger partial charge in [0.2, 0.25) is 4.75 Å². The van der Waals surface area contributed by atoms with E-state index in [1.54, 1.807) is 0 Å². The van der Waals surface area contributed by atoms with E-state index in [0.717, 1.165) is 45.4 Å². The van der Waals surface area contributed by atoms with Crippen molar-refractivity contribution in [2.75, 3.05) is 13.2 Å². The molecular formula is C27H53NaO7S. The molecule has 1 unspecified atom stereocenters. The van der Waals surface area contributed by atoms with Crippen LogP contribution in [0.1, 0.15) is 144 Å². The maximum absolute atomic E-state index is 12.5. The van der Waals surface area contributed by atoms with Crippen LogP contribution in [-0.4, -0.2) is 42.9 Å². The molecular weight excluding hydrogens is 491 g/mol. The van der Waals surface area contributed by atoms with Crippen LogP contribution in [0.25, 0.3) is 0 Å². The smallest absolute Gasteiger partial charge is 1.00 e. The zero-order valence-corrected chi connectivity index (χ0v) is 26.5. The fourth-order valence-corrected chi connectivity index (χ4v) is 4.49. The van der Waals surface area contributed by atoms with Gasteiger partial charge in [-0.1, -0.05) is 117 Å². The van der Waals surface area contributed by atoms with Gasteiger partial charge >= 0.3 is 41.5 Å². The van der Waals surface area contributed by atoms with Crippen molar-refractivity contribution in [3.63, 3.8) is 0 Å². The Labute approximate surface area is 244 Å². The van der Waals surface area contributed by atoms with E-state index < -0.39 is 33.2 Å². The second-order valence-corrected chi connectivity index (χ2v) is 11.7. The van der Waals surface area contributed by atoms with Crippen molar-refractivity contribution in [1.29, 1.82) is 0 Å². The van der Waals surface area contributed by atoms with Gasteiger partial charge in [-0.05, 0) is 19.8 Å². The minimum Gasteiger partial charge on any atom is -1.00 e. The molecule has 7 nitrogen and oxygen atoms in total. The third kappa shape index (κ3) is 19.0. The Bertz CT molecular complexity index is 661. The first kappa shape index (κ1) is 38.0. The third-order valence-corrected chi connectivity index (χ3v) is 7.92. The van der Waals surface area contributed by atoms with Gasteiger partial charge in [-0.15, -0.1) is 0 Å². The Morgan fingerprint density at radius 2 is 1.00 bits per heavy atom. The van der Waals surface area contributed by atoms with E-state index in [1.807, 2.05) is 0 Å². The molecule has 1 atom stereocenters. The van der Waals surface area contributed by atoms with Crippen LogP contribution < -0.4 is 29.6 Å². The van der Waals surface area contributed by atoms with Gasteiger partial charge < -0.3 is 10.9 Å². The normalized spacial score (nSPS) is 13.0. The third-order valence-electron chi connectivity index (χ3n) is 6.47. The number of carbonyl (C=O) groups is 2. The van der Waals surface area contributed by atoms with Crippen LogP contribution in [0.3, 0.4) is 0 Å². The summed E-state index contributed by atoms with van der Waals surface area (Å²) in [6.07, 6.45) is 19.2. The van der Waals surface area contributed by atoms with Crippen LogP contribution in [0.15, 0.2) is 0 Å². The molecule has 9 heteroatoms. The zero-order valence-electron chi connectivity index (χ0n) is 24.7. The molecule has 36 heavy (non-hydrogen) atoms. The first-order chi connectivity index (χ1) is 16.7. The van der Waals surface area contributed by atoms with Crippen molar-refractivity contribution in [2.24, 2.45) is 0 Å². The Kier molecular flexibility index (Phi) is 25.3. The van der Waals surface area contributed by atoms with Gasteiger partial charge in [-0.3, -0.25) is 14.1 Å². The molecule has 0 aliphatic rings. The Balaban J connectivity index is -0.00000578. The van der Waals surface area contributed by atoms with E-state index in [-0.39, 0.29) is 44.2 Å². The fourth-order valence-electron chi connectivity index (χ4n) is 3.92. The van der Waals surface area contributed by atoms with Gasteiger partial charge in [0.05, 0.1) is 19.6 Å². The molecule has 0 aromatic carbocycles. The molecule has 0 aromatic rings. The molecule has 0 fully saturated rings. The number of rotatable bonds is 24. The van der Waals surface area contributed by atoms with E-state index in [0.29, 0.717) is 12.8 Å². The number of unbranched alkanes of at least 4 members (excludes halogenated alkanes) is 16. The van der Waals surface area contributed by atoms with Crippen LogP contribution >= 0.6 is 0 Å². The average Bonchev–Trinajstić information content (AvgIpc) is 2.80. The summed E-state index contributed by atoms with van der Waals surface area (Å²) in [6.45, 7) is 5.63. The first-order valence-electron chi connectivity index (χ1n) is 14.0. The van der Waals surface area contributed by atoms with Crippen LogP contribution in [0, 0.1) is 0 Å². The second kappa shape index (κ2) is 23.9. The van der Waals surface area contributed by atoms with Crippen LogP contribution in [0.5, 0.6) is 0 Å². The summed E-state index contributed by atoms with van der Waals surface area (Å²) in [5, 5.41) is 0. The van der Waals surface area contributed by atoms with E-state index >= 15 is 0 Å². The minimum absolute atomic E-state index is 0. The number of hydrogen-bond donors (Lipinski definition) is 1. The van der Waals surface area contributed by atoms with Crippen molar-refractivity contribution in [2.45, 2.75) is 148 Å². The summed E-state index contributed by atoms with van der Waals surface area (Å²) in [5.74, 6) is -1.94. The molecule has 0 saturated carbocycles. The summed E-state index contributed by atoms with van der Waals surface area (Å²) in [5.41, 5.74) is 0. The van der Waals surface area contributed by atoms with Gasteiger partial charge in [0, 0.05) is 0 Å². The molecule has 0 amide bonds. The van der Waals surface area contributed by atoms with Gasteiger partial charge in [-0.25, -0.2) is 0 Å². The molecule has 0 aliphatic heterocycles. The Morgan fingerprint density at radius 3 is 1.36 bits per heavy atom. The van der Waals surface area contributed by atoms with Gasteiger partial charge in [0.25, 0.3) is 10.1 Å². The molecule has 0 spiro atoms. The maximum Gasteiger partial charge on any atom is 1.00 e. The molecule has 210 valence electrons. The molecule has 0 aromatic heterocycles. The largest absolute Gasteiger partial charge is 1.00 e. The van der Waals surface area contributed by atoms with Crippen LogP contribution in [0.4, 0.5) is 0 Å². The number of ether oxygens (including phenoxy) is 2. The SMILES string of the molecule is CCCCCCCCCCCOC(=O)CC(C)(C(=O)OCCCCCCCCCCC)S(=O)(=O)O.[H-].[Na+]. The summed E-state index contributed by atoms with van der Waals surface area (Å²) < 4.78 is 41.3. The summed E-state index contributed by atoms with van der Waals surface area (Å²) in [6, 6.07) is 0. The van der Waals surface area contributed by atoms with E-state index in [9.17, 15) is 22.6 Å². The molecule has 0 saturated heterocycles. The van der Waals surface area contributed by atoms with Crippen LogP contribution in [0.2, 0.25) is 0 Å². The molecule has 0 heterocycles. The van der Waals surface area contributed by atoms with E-state index in [1.165, 1.54) is 64.2 Å². The van der Waals surface area contributed by atoms with Crippen LogP contribution in [-0.2, 0) is 29.2 Å². The van der Waals surface area contributed by atoms with Crippen molar-refractivity contribution < 1.29 is 63.0 Å². The van der Waals surface area contributed by atoms with Gasteiger partial charge in [0.15, 0.2) is 0 Å². The molecule has 0 bridgehead atoms. The van der Waals surface area contributed by atoms with Crippen molar-refractivity contribution >= 4 is 22.1 Å². The predicted octanol–water partition coefficient (Wildman–Crippen LogP) is 4.29. The van der Waals surface area contributed by atoms with E-state index in [4.69, 9.17) is 9.47 Å². The zero-order chi connectivity index (χ0) is 26.4. The van der Waals surface area contributed by atoms with Crippen molar-refractivity contribution in [3.05, 3.63) is 0 Å². The number of carbonyl (C=O) groups excluding carboxylic acids is 2. The first-order valence-corrected chi connectivity index (χ1v) is 15.4. The Hall–Kier alpha value is -0.150. The van der Waals surface area contributed by atoms with Gasteiger partial charge in [-0.2, -0.15) is 8.42 Å². The topological polar surface area (TPSA) is 107 Å². The average molecular weight is 545 g/mol. The molecule has 1 N–H and O–H groups in total. The fraction of sp³-hybridized carbons (Fsp3) is 0.926. The van der Waals surface area contributed by atoms with Crippen molar-refractivity contribution in [1.82, 2.24) is 0 Å². The van der Waals surface area contributed by atoms with E-state index in [2.05, 4.69) is 13.8 Å². The van der Waals surface area contributed by atoms with Crippen molar-refractivity contribution in [3.8, 4) is 0 Å². The molecule has 0 rings (SSSR count). The maximum atomic E-state index is 12.5.